The molecular weight excluding hydrogens is 771 g/mol. The van der Waals surface area contributed by atoms with Crippen molar-refractivity contribution >= 4 is 33.4 Å². The molecule has 3 aliphatic carbocycles. The lowest BCUT2D eigenvalue weighted by atomic mass is 9.70. The van der Waals surface area contributed by atoms with Gasteiger partial charge in [0, 0.05) is 22.2 Å². The Morgan fingerprint density at radius 2 is 0.938 bits per heavy atom. The lowest BCUT2D eigenvalue weighted by molar-refractivity contribution is 0.639. The summed E-state index contributed by atoms with van der Waals surface area (Å²) in [5, 5.41) is 2.44. The number of benzene rings is 9. The molecule has 0 N–H and O–H groups in total. The standard InChI is InChI=1S/C63H49N/c1-5-6-20-47-41(2)62(3,4)59-40-46(34-36-53(47)59)64(45-32-29-43(30-33-45)42-18-8-7-9-19-42)61-38-37-48(49-21-10-11-25-55(49)61)44-31-35-54-52-24-14-17-28-58(52)63(60(54)39-44)56-26-15-12-22-50(56)51-23-13-16-27-57(51)63/h6-40H,5H2,1-4H3/b20-6-. The first-order chi connectivity index (χ1) is 31.4. The highest BCUT2D eigenvalue weighted by Gasteiger charge is 2.51. The van der Waals surface area contributed by atoms with Crippen LogP contribution in [0.2, 0.25) is 0 Å². The number of rotatable bonds is 7. The van der Waals surface area contributed by atoms with Gasteiger partial charge in [-0.3, -0.25) is 0 Å². The minimum atomic E-state index is -0.395. The summed E-state index contributed by atoms with van der Waals surface area (Å²) in [5.74, 6) is 0. The number of anilines is 3. The second-order valence-corrected chi connectivity index (χ2v) is 18.3. The van der Waals surface area contributed by atoms with Crippen molar-refractivity contribution in [2.75, 3.05) is 4.90 Å². The van der Waals surface area contributed by atoms with Gasteiger partial charge in [0.15, 0.2) is 0 Å². The van der Waals surface area contributed by atoms with Gasteiger partial charge in [-0.15, -0.1) is 0 Å². The van der Waals surface area contributed by atoms with Crippen molar-refractivity contribution in [3.8, 4) is 44.5 Å². The van der Waals surface area contributed by atoms with Gasteiger partial charge >= 0.3 is 0 Å². The third-order valence-corrected chi connectivity index (χ3v) is 14.8. The van der Waals surface area contributed by atoms with Gasteiger partial charge < -0.3 is 4.90 Å². The molecule has 0 atom stereocenters. The fourth-order valence-corrected chi connectivity index (χ4v) is 11.5. The fraction of sp³-hybridized carbons (Fsp3) is 0.111. The van der Waals surface area contributed by atoms with Gasteiger partial charge in [-0.1, -0.05) is 202 Å². The van der Waals surface area contributed by atoms with Crippen molar-refractivity contribution in [1.82, 2.24) is 0 Å². The first kappa shape index (κ1) is 38.2. The second-order valence-electron chi connectivity index (χ2n) is 18.3. The van der Waals surface area contributed by atoms with E-state index in [1.165, 1.54) is 99.8 Å². The Bertz CT molecular complexity index is 3330. The summed E-state index contributed by atoms with van der Waals surface area (Å²) >= 11 is 0. The van der Waals surface area contributed by atoms with E-state index < -0.39 is 5.41 Å². The Labute approximate surface area is 377 Å². The van der Waals surface area contributed by atoms with Gasteiger partial charge in [-0.2, -0.15) is 0 Å². The fourth-order valence-electron chi connectivity index (χ4n) is 11.5. The topological polar surface area (TPSA) is 3.24 Å². The van der Waals surface area contributed by atoms with E-state index in [0.717, 1.165) is 23.5 Å². The summed E-state index contributed by atoms with van der Waals surface area (Å²) in [6, 6.07) is 75.1. The third kappa shape index (κ3) is 5.43. The largest absolute Gasteiger partial charge is 0.310 e. The monoisotopic (exact) mass is 819 g/mol. The Kier molecular flexibility index (Phi) is 8.68. The molecule has 0 aliphatic heterocycles. The minimum Gasteiger partial charge on any atom is -0.310 e. The van der Waals surface area contributed by atoms with Crippen molar-refractivity contribution in [3.05, 3.63) is 251 Å². The Hall–Kier alpha value is -7.48. The van der Waals surface area contributed by atoms with E-state index in [1.54, 1.807) is 0 Å². The lowest BCUT2D eigenvalue weighted by Gasteiger charge is -2.31. The normalized spacial score (nSPS) is 14.8. The molecule has 9 aromatic carbocycles. The first-order valence-corrected chi connectivity index (χ1v) is 22.8. The Morgan fingerprint density at radius 1 is 0.422 bits per heavy atom. The molecule has 3 aliphatic rings. The molecule has 9 aromatic rings. The molecular formula is C63H49N. The van der Waals surface area contributed by atoms with Crippen LogP contribution < -0.4 is 4.90 Å². The molecule has 0 unspecified atom stereocenters. The summed E-state index contributed by atoms with van der Waals surface area (Å²) in [4.78, 5) is 2.48. The highest BCUT2D eigenvalue weighted by atomic mass is 15.1. The summed E-state index contributed by atoms with van der Waals surface area (Å²) in [6.45, 7) is 9.28. The van der Waals surface area contributed by atoms with Crippen LogP contribution in [0.3, 0.4) is 0 Å². The van der Waals surface area contributed by atoms with Crippen LogP contribution in [-0.2, 0) is 10.8 Å². The van der Waals surface area contributed by atoms with Gasteiger partial charge in [-0.05, 0) is 139 Å². The molecule has 1 heteroatoms. The van der Waals surface area contributed by atoms with Crippen LogP contribution >= 0.6 is 0 Å². The summed E-state index contributed by atoms with van der Waals surface area (Å²) in [5.41, 5.74) is 24.0. The first-order valence-electron chi connectivity index (χ1n) is 22.8. The van der Waals surface area contributed by atoms with Gasteiger partial charge in [0.2, 0.25) is 0 Å². The number of hydrogen-bond acceptors (Lipinski definition) is 1. The van der Waals surface area contributed by atoms with E-state index in [2.05, 4.69) is 245 Å². The highest BCUT2D eigenvalue weighted by molar-refractivity contribution is 6.07. The number of fused-ring (bicyclic) bond motifs is 12. The minimum absolute atomic E-state index is 0.0988. The van der Waals surface area contributed by atoms with Crippen LogP contribution in [0.4, 0.5) is 17.1 Å². The quantitative estimate of drug-likeness (QED) is 0.155. The predicted molar refractivity (Wildman–Crippen MR) is 271 cm³/mol. The summed E-state index contributed by atoms with van der Waals surface area (Å²) in [6.07, 6.45) is 5.64. The van der Waals surface area contributed by atoms with E-state index in [4.69, 9.17) is 0 Å². The molecule has 1 spiro atoms. The molecule has 1 nitrogen and oxygen atoms in total. The zero-order valence-corrected chi connectivity index (χ0v) is 36.9. The van der Waals surface area contributed by atoms with Gasteiger partial charge in [0.1, 0.15) is 0 Å². The van der Waals surface area contributed by atoms with Gasteiger partial charge in [0.25, 0.3) is 0 Å². The third-order valence-electron chi connectivity index (χ3n) is 14.8. The van der Waals surface area contributed by atoms with Crippen molar-refractivity contribution in [1.29, 1.82) is 0 Å². The van der Waals surface area contributed by atoms with Gasteiger partial charge in [0.05, 0.1) is 11.1 Å². The molecule has 0 radical (unpaired) electrons. The molecule has 0 saturated carbocycles. The van der Waals surface area contributed by atoms with E-state index in [9.17, 15) is 0 Å². The molecule has 64 heavy (non-hydrogen) atoms. The average Bonchev–Trinajstić information content (AvgIpc) is 3.89. The van der Waals surface area contributed by atoms with Crippen LogP contribution in [0.1, 0.15) is 67.5 Å². The maximum absolute atomic E-state index is 2.51. The molecule has 0 amide bonds. The van der Waals surface area contributed by atoms with Crippen molar-refractivity contribution < 1.29 is 0 Å². The molecule has 0 bridgehead atoms. The SMILES string of the molecule is CC/C=C\C1=C(C)C(C)(C)c2cc(N(c3ccc(-c4ccccc4)cc3)c3ccc(-c4ccc5c(c4)C4(c6ccccc6-c6ccccc64)c4ccccc4-5)c4ccccc34)ccc21. The summed E-state index contributed by atoms with van der Waals surface area (Å²) < 4.78 is 0. The second kappa shape index (κ2) is 14.5. The van der Waals surface area contributed by atoms with E-state index in [1.807, 2.05) is 0 Å². The summed E-state index contributed by atoms with van der Waals surface area (Å²) in [7, 11) is 0. The van der Waals surface area contributed by atoms with Crippen molar-refractivity contribution in [2.24, 2.45) is 0 Å². The van der Waals surface area contributed by atoms with E-state index in [-0.39, 0.29) is 5.41 Å². The zero-order chi connectivity index (χ0) is 43.2. The van der Waals surface area contributed by atoms with Crippen LogP contribution in [0.25, 0.3) is 60.9 Å². The van der Waals surface area contributed by atoms with Crippen LogP contribution in [-0.4, -0.2) is 0 Å². The zero-order valence-electron chi connectivity index (χ0n) is 36.9. The maximum atomic E-state index is 2.51. The average molecular weight is 820 g/mol. The van der Waals surface area contributed by atoms with Crippen molar-refractivity contribution in [3.63, 3.8) is 0 Å². The van der Waals surface area contributed by atoms with Crippen molar-refractivity contribution in [2.45, 2.75) is 44.9 Å². The van der Waals surface area contributed by atoms with Crippen LogP contribution in [0.15, 0.2) is 218 Å². The smallest absolute Gasteiger partial charge is 0.0725 e. The Balaban J connectivity index is 1.05. The van der Waals surface area contributed by atoms with E-state index >= 15 is 0 Å². The Morgan fingerprint density at radius 3 is 1.59 bits per heavy atom. The molecule has 0 fully saturated rings. The van der Waals surface area contributed by atoms with Crippen LogP contribution in [0, 0.1) is 0 Å². The molecule has 0 aromatic heterocycles. The van der Waals surface area contributed by atoms with Gasteiger partial charge in [-0.25, -0.2) is 0 Å². The number of hydrogen-bond donors (Lipinski definition) is 0. The number of nitrogens with zero attached hydrogens (tertiary/aromatic N) is 1. The predicted octanol–water partition coefficient (Wildman–Crippen LogP) is 17.0. The molecule has 0 heterocycles. The molecule has 0 saturated heterocycles. The van der Waals surface area contributed by atoms with Crippen LogP contribution in [0.5, 0.6) is 0 Å². The molecule has 12 rings (SSSR count). The maximum Gasteiger partial charge on any atom is 0.0725 e. The lowest BCUT2D eigenvalue weighted by Crippen LogP contribution is -2.25. The number of allylic oxidation sites excluding steroid dienone is 4. The van der Waals surface area contributed by atoms with E-state index in [0.29, 0.717) is 0 Å². The molecule has 306 valence electrons. The highest BCUT2D eigenvalue weighted by Crippen LogP contribution is 2.63.